The second kappa shape index (κ2) is 5.47. The number of nitrogens with zero attached hydrogens (tertiary/aromatic N) is 1. The minimum Gasteiger partial charge on any atom is -0.489 e. The third-order valence-electron chi connectivity index (χ3n) is 3.43. The summed E-state index contributed by atoms with van der Waals surface area (Å²) >= 11 is 6.26. The highest BCUT2D eigenvalue weighted by Gasteiger charge is 2.24. The first-order chi connectivity index (χ1) is 8.81. The number of hydrogen-bond acceptors (Lipinski definition) is 3. The first-order valence-corrected chi connectivity index (χ1v) is 7.07. The Kier molecular flexibility index (Phi) is 3.73. The summed E-state index contributed by atoms with van der Waals surface area (Å²) in [5.74, 6) is 0.836. The van der Waals surface area contributed by atoms with E-state index in [4.69, 9.17) is 16.3 Å². The molecule has 3 nitrogen and oxygen atoms in total. The van der Waals surface area contributed by atoms with Crippen molar-refractivity contribution >= 4 is 11.6 Å². The van der Waals surface area contributed by atoms with Gasteiger partial charge in [0.25, 0.3) is 0 Å². The van der Waals surface area contributed by atoms with Gasteiger partial charge in [-0.15, -0.1) is 0 Å². The fourth-order valence-electron chi connectivity index (χ4n) is 2.23. The Morgan fingerprint density at radius 1 is 1.28 bits per heavy atom. The van der Waals surface area contributed by atoms with Crippen molar-refractivity contribution in [2.24, 2.45) is 0 Å². The van der Waals surface area contributed by atoms with Gasteiger partial charge in [0, 0.05) is 32.7 Å². The molecule has 1 aliphatic carbocycles. The standard InChI is InChI=1S/C14H19ClN2O/c15-13-9-11(10-17-7-5-16-6-8-17)1-4-14(13)18-12-2-3-12/h1,4,9,12,16H,2-3,5-8,10H2. The van der Waals surface area contributed by atoms with Crippen LogP contribution in [0.4, 0.5) is 0 Å². The van der Waals surface area contributed by atoms with E-state index in [1.165, 1.54) is 18.4 Å². The number of piperazine rings is 1. The van der Waals surface area contributed by atoms with Gasteiger partial charge in [0.15, 0.2) is 0 Å². The molecule has 1 saturated carbocycles. The highest BCUT2D eigenvalue weighted by atomic mass is 35.5. The Bertz CT molecular complexity index is 414. The van der Waals surface area contributed by atoms with Crippen molar-refractivity contribution in [3.8, 4) is 5.75 Å². The molecular formula is C14H19ClN2O. The molecule has 0 atom stereocenters. The molecule has 1 saturated heterocycles. The molecule has 4 heteroatoms. The van der Waals surface area contributed by atoms with E-state index in [1.54, 1.807) is 0 Å². The molecule has 1 aromatic rings. The second-order valence-corrected chi connectivity index (χ2v) is 5.52. The first kappa shape index (κ1) is 12.3. The zero-order valence-electron chi connectivity index (χ0n) is 10.5. The molecule has 98 valence electrons. The minimum atomic E-state index is 0.404. The maximum Gasteiger partial charge on any atom is 0.138 e. The van der Waals surface area contributed by atoms with Crippen LogP contribution in [-0.2, 0) is 6.54 Å². The van der Waals surface area contributed by atoms with Gasteiger partial charge in [-0.05, 0) is 30.5 Å². The Morgan fingerprint density at radius 3 is 2.72 bits per heavy atom. The fourth-order valence-corrected chi connectivity index (χ4v) is 2.48. The van der Waals surface area contributed by atoms with E-state index < -0.39 is 0 Å². The lowest BCUT2D eigenvalue weighted by molar-refractivity contribution is 0.233. The molecule has 0 spiro atoms. The van der Waals surface area contributed by atoms with Crippen LogP contribution in [0.1, 0.15) is 18.4 Å². The summed E-state index contributed by atoms with van der Waals surface area (Å²) in [6.07, 6.45) is 2.74. The molecule has 2 aliphatic rings. The highest BCUT2D eigenvalue weighted by molar-refractivity contribution is 6.32. The molecule has 1 aromatic carbocycles. The predicted octanol–water partition coefficient (Wildman–Crippen LogP) is 2.29. The predicted molar refractivity (Wildman–Crippen MR) is 73.2 cm³/mol. The lowest BCUT2D eigenvalue weighted by atomic mass is 10.2. The van der Waals surface area contributed by atoms with Crippen molar-refractivity contribution in [1.82, 2.24) is 10.2 Å². The number of rotatable bonds is 4. The summed E-state index contributed by atoms with van der Waals surface area (Å²) < 4.78 is 5.75. The monoisotopic (exact) mass is 266 g/mol. The minimum absolute atomic E-state index is 0.404. The smallest absolute Gasteiger partial charge is 0.138 e. The molecule has 1 heterocycles. The molecule has 0 amide bonds. The van der Waals surface area contributed by atoms with Gasteiger partial charge >= 0.3 is 0 Å². The van der Waals surface area contributed by atoms with Crippen LogP contribution in [0.2, 0.25) is 5.02 Å². The van der Waals surface area contributed by atoms with Crippen LogP contribution in [0, 0.1) is 0 Å². The van der Waals surface area contributed by atoms with E-state index in [9.17, 15) is 0 Å². The second-order valence-electron chi connectivity index (χ2n) is 5.11. The van der Waals surface area contributed by atoms with Crippen molar-refractivity contribution in [3.63, 3.8) is 0 Å². The maximum atomic E-state index is 6.26. The van der Waals surface area contributed by atoms with Gasteiger partial charge in [-0.25, -0.2) is 0 Å². The summed E-state index contributed by atoms with van der Waals surface area (Å²) in [4.78, 5) is 2.45. The molecular weight excluding hydrogens is 248 g/mol. The Balaban J connectivity index is 1.63. The number of benzene rings is 1. The van der Waals surface area contributed by atoms with Crippen LogP contribution in [0.25, 0.3) is 0 Å². The van der Waals surface area contributed by atoms with E-state index in [-0.39, 0.29) is 0 Å². The van der Waals surface area contributed by atoms with Crippen LogP contribution < -0.4 is 10.1 Å². The van der Waals surface area contributed by atoms with Crippen molar-refractivity contribution in [3.05, 3.63) is 28.8 Å². The van der Waals surface area contributed by atoms with Crippen molar-refractivity contribution in [2.75, 3.05) is 26.2 Å². The summed E-state index contributed by atoms with van der Waals surface area (Å²) in [6.45, 7) is 5.36. The van der Waals surface area contributed by atoms with E-state index >= 15 is 0 Å². The molecule has 18 heavy (non-hydrogen) atoms. The van der Waals surface area contributed by atoms with Crippen LogP contribution in [0.3, 0.4) is 0 Å². The Labute approximate surface area is 113 Å². The topological polar surface area (TPSA) is 24.5 Å². The van der Waals surface area contributed by atoms with Gasteiger partial charge in [-0.2, -0.15) is 0 Å². The highest BCUT2D eigenvalue weighted by Crippen LogP contribution is 2.32. The number of ether oxygens (including phenoxy) is 1. The lowest BCUT2D eigenvalue weighted by Gasteiger charge is -2.27. The van der Waals surface area contributed by atoms with Crippen LogP contribution >= 0.6 is 11.6 Å². The zero-order valence-corrected chi connectivity index (χ0v) is 11.2. The van der Waals surface area contributed by atoms with Crippen LogP contribution in [0.15, 0.2) is 18.2 Å². The molecule has 0 radical (unpaired) electrons. The number of halogens is 1. The van der Waals surface area contributed by atoms with Gasteiger partial charge in [-0.1, -0.05) is 17.7 Å². The van der Waals surface area contributed by atoms with Crippen molar-refractivity contribution in [2.45, 2.75) is 25.5 Å². The third kappa shape index (κ3) is 3.16. The van der Waals surface area contributed by atoms with Crippen LogP contribution in [-0.4, -0.2) is 37.2 Å². The van der Waals surface area contributed by atoms with Crippen LogP contribution in [0.5, 0.6) is 5.75 Å². The van der Waals surface area contributed by atoms with Gasteiger partial charge in [0.1, 0.15) is 5.75 Å². The normalized spacial score (nSPS) is 20.9. The van der Waals surface area contributed by atoms with Gasteiger partial charge < -0.3 is 10.1 Å². The molecule has 3 rings (SSSR count). The van der Waals surface area contributed by atoms with E-state index in [2.05, 4.69) is 16.3 Å². The zero-order chi connectivity index (χ0) is 12.4. The molecule has 1 N–H and O–H groups in total. The van der Waals surface area contributed by atoms with Gasteiger partial charge in [-0.3, -0.25) is 4.90 Å². The van der Waals surface area contributed by atoms with E-state index in [0.29, 0.717) is 6.10 Å². The van der Waals surface area contributed by atoms with Gasteiger partial charge in [0.2, 0.25) is 0 Å². The Hall–Kier alpha value is -0.770. The lowest BCUT2D eigenvalue weighted by Crippen LogP contribution is -2.42. The number of hydrogen-bond donors (Lipinski definition) is 1. The first-order valence-electron chi connectivity index (χ1n) is 6.69. The summed E-state index contributed by atoms with van der Waals surface area (Å²) in [7, 11) is 0. The van der Waals surface area contributed by atoms with E-state index in [1.807, 2.05) is 12.1 Å². The summed E-state index contributed by atoms with van der Waals surface area (Å²) in [6, 6.07) is 6.19. The van der Waals surface area contributed by atoms with Crippen molar-refractivity contribution < 1.29 is 4.74 Å². The SMILES string of the molecule is Clc1cc(CN2CCNCC2)ccc1OC1CC1. The molecule has 0 bridgehead atoms. The summed E-state index contributed by atoms with van der Waals surface area (Å²) in [5, 5.41) is 4.11. The maximum absolute atomic E-state index is 6.26. The quantitative estimate of drug-likeness (QED) is 0.905. The largest absolute Gasteiger partial charge is 0.489 e. The molecule has 0 aromatic heterocycles. The summed E-state index contributed by atoms with van der Waals surface area (Å²) in [5.41, 5.74) is 1.27. The van der Waals surface area contributed by atoms with E-state index in [0.717, 1.165) is 43.5 Å². The average molecular weight is 267 g/mol. The molecule has 0 unspecified atom stereocenters. The van der Waals surface area contributed by atoms with Gasteiger partial charge in [0.05, 0.1) is 11.1 Å². The number of nitrogens with one attached hydrogen (secondary N) is 1. The van der Waals surface area contributed by atoms with Crippen molar-refractivity contribution in [1.29, 1.82) is 0 Å². The average Bonchev–Trinajstić information content (AvgIpc) is 3.18. The molecule has 1 aliphatic heterocycles. The fraction of sp³-hybridized carbons (Fsp3) is 0.571. The Morgan fingerprint density at radius 2 is 2.06 bits per heavy atom. The third-order valence-corrected chi connectivity index (χ3v) is 3.73. The molecule has 2 fully saturated rings.